The highest BCUT2D eigenvalue weighted by atomic mass is 79.9. The number of rotatable bonds is 4. The van der Waals surface area contributed by atoms with E-state index < -0.39 is 0 Å². The summed E-state index contributed by atoms with van der Waals surface area (Å²) in [6.07, 6.45) is 0. The quantitative estimate of drug-likeness (QED) is 0.816. The van der Waals surface area contributed by atoms with Crippen LogP contribution in [0, 0.1) is 6.92 Å². The van der Waals surface area contributed by atoms with Crippen LogP contribution in [0.4, 0.5) is 17.1 Å². The molecule has 100 valence electrons. The van der Waals surface area contributed by atoms with Gasteiger partial charge >= 0.3 is 0 Å². The predicted octanol–water partition coefficient (Wildman–Crippen LogP) is 4.48. The molecule has 2 rings (SSSR count). The van der Waals surface area contributed by atoms with Crippen molar-refractivity contribution in [2.45, 2.75) is 13.8 Å². The zero-order chi connectivity index (χ0) is 13.8. The van der Waals surface area contributed by atoms with E-state index >= 15 is 0 Å². The Morgan fingerprint density at radius 2 is 2.05 bits per heavy atom. The van der Waals surface area contributed by atoms with Crippen molar-refractivity contribution in [1.29, 1.82) is 0 Å². The van der Waals surface area contributed by atoms with E-state index in [1.807, 2.05) is 31.2 Å². The van der Waals surface area contributed by atoms with Gasteiger partial charge in [0.05, 0.1) is 18.0 Å². The molecule has 0 bridgehead atoms. The first-order valence-corrected chi connectivity index (χ1v) is 6.95. The summed E-state index contributed by atoms with van der Waals surface area (Å²) in [6, 6.07) is 11.9. The topological polar surface area (TPSA) is 47.3 Å². The molecule has 2 aromatic rings. The number of para-hydroxylation sites is 1. The Hall–Kier alpha value is -1.68. The predicted molar refractivity (Wildman–Crippen MR) is 84.2 cm³/mol. The van der Waals surface area contributed by atoms with Gasteiger partial charge in [-0.2, -0.15) is 0 Å². The van der Waals surface area contributed by atoms with E-state index in [1.165, 1.54) is 5.56 Å². The lowest BCUT2D eigenvalue weighted by molar-refractivity contribution is 0.342. The van der Waals surface area contributed by atoms with Crippen molar-refractivity contribution in [3.8, 4) is 5.75 Å². The van der Waals surface area contributed by atoms with Crippen molar-refractivity contribution in [2.24, 2.45) is 0 Å². The number of aryl methyl sites for hydroxylation is 1. The van der Waals surface area contributed by atoms with Crippen LogP contribution in [0.25, 0.3) is 0 Å². The van der Waals surface area contributed by atoms with Gasteiger partial charge in [-0.1, -0.05) is 22.0 Å². The van der Waals surface area contributed by atoms with Gasteiger partial charge < -0.3 is 15.8 Å². The third-order valence-corrected chi connectivity index (χ3v) is 3.14. The lowest BCUT2D eigenvalue weighted by Gasteiger charge is -2.13. The average molecular weight is 321 g/mol. The van der Waals surface area contributed by atoms with Crippen LogP contribution in [-0.2, 0) is 0 Å². The molecule has 0 fully saturated rings. The van der Waals surface area contributed by atoms with Gasteiger partial charge in [0.2, 0.25) is 0 Å². The Morgan fingerprint density at radius 1 is 1.26 bits per heavy atom. The molecule has 0 aliphatic heterocycles. The first-order chi connectivity index (χ1) is 9.10. The molecule has 2 aromatic carbocycles. The lowest BCUT2D eigenvalue weighted by atomic mass is 10.2. The monoisotopic (exact) mass is 320 g/mol. The zero-order valence-corrected chi connectivity index (χ0v) is 12.6. The third kappa shape index (κ3) is 3.41. The zero-order valence-electron chi connectivity index (χ0n) is 11.0. The largest absolute Gasteiger partial charge is 0.492 e. The maximum absolute atomic E-state index is 6.09. The Morgan fingerprint density at radius 3 is 2.74 bits per heavy atom. The van der Waals surface area contributed by atoms with Crippen molar-refractivity contribution in [3.63, 3.8) is 0 Å². The molecule has 0 saturated heterocycles. The van der Waals surface area contributed by atoms with Crippen molar-refractivity contribution in [3.05, 3.63) is 46.4 Å². The summed E-state index contributed by atoms with van der Waals surface area (Å²) in [6.45, 7) is 4.59. The molecule has 0 amide bonds. The number of anilines is 3. The summed E-state index contributed by atoms with van der Waals surface area (Å²) in [5.74, 6) is 0.708. The van der Waals surface area contributed by atoms with E-state index in [2.05, 4.69) is 40.3 Å². The summed E-state index contributed by atoms with van der Waals surface area (Å²) < 4.78 is 6.52. The molecule has 4 heteroatoms. The minimum atomic E-state index is 0.601. The van der Waals surface area contributed by atoms with Gasteiger partial charge in [0, 0.05) is 10.2 Å². The van der Waals surface area contributed by atoms with Gasteiger partial charge in [0.15, 0.2) is 0 Å². The lowest BCUT2D eigenvalue weighted by Crippen LogP contribution is -2.01. The van der Waals surface area contributed by atoms with Crippen molar-refractivity contribution < 1.29 is 4.74 Å². The van der Waals surface area contributed by atoms with E-state index in [0.717, 1.165) is 15.8 Å². The minimum absolute atomic E-state index is 0.601. The summed E-state index contributed by atoms with van der Waals surface area (Å²) in [7, 11) is 0. The highest BCUT2D eigenvalue weighted by Gasteiger charge is 2.06. The van der Waals surface area contributed by atoms with Crippen LogP contribution >= 0.6 is 15.9 Å². The van der Waals surface area contributed by atoms with E-state index in [1.54, 1.807) is 0 Å². The van der Waals surface area contributed by atoms with Gasteiger partial charge in [0.1, 0.15) is 5.75 Å². The van der Waals surface area contributed by atoms with E-state index in [-0.39, 0.29) is 0 Å². The van der Waals surface area contributed by atoms with Crippen molar-refractivity contribution >= 4 is 33.0 Å². The summed E-state index contributed by atoms with van der Waals surface area (Å²) in [4.78, 5) is 0. The Labute approximate surface area is 121 Å². The van der Waals surface area contributed by atoms with Crippen LogP contribution in [-0.4, -0.2) is 6.61 Å². The molecule has 0 saturated carbocycles. The first kappa shape index (κ1) is 13.7. The Balaban J connectivity index is 2.30. The maximum Gasteiger partial charge on any atom is 0.144 e. The van der Waals surface area contributed by atoms with E-state index in [4.69, 9.17) is 10.5 Å². The van der Waals surface area contributed by atoms with E-state index in [0.29, 0.717) is 18.0 Å². The van der Waals surface area contributed by atoms with Crippen LogP contribution in [0.3, 0.4) is 0 Å². The van der Waals surface area contributed by atoms with E-state index in [9.17, 15) is 0 Å². The highest BCUT2D eigenvalue weighted by Crippen LogP contribution is 2.32. The second-order valence-corrected chi connectivity index (χ2v) is 5.21. The molecular formula is C15H17BrN2O. The molecule has 19 heavy (non-hydrogen) atoms. The fourth-order valence-electron chi connectivity index (χ4n) is 1.90. The van der Waals surface area contributed by atoms with Gasteiger partial charge in [0.25, 0.3) is 0 Å². The highest BCUT2D eigenvalue weighted by molar-refractivity contribution is 9.10. The number of hydrogen-bond donors (Lipinski definition) is 2. The minimum Gasteiger partial charge on any atom is -0.492 e. The van der Waals surface area contributed by atoms with Crippen LogP contribution in [0.2, 0.25) is 0 Å². The number of benzene rings is 2. The number of nitrogens with one attached hydrogen (secondary N) is 1. The smallest absolute Gasteiger partial charge is 0.144 e. The summed E-state index contributed by atoms with van der Waals surface area (Å²) in [5.41, 5.74) is 9.74. The second kappa shape index (κ2) is 5.97. The maximum atomic E-state index is 6.09. The summed E-state index contributed by atoms with van der Waals surface area (Å²) >= 11 is 3.49. The van der Waals surface area contributed by atoms with Gasteiger partial charge in [-0.3, -0.25) is 0 Å². The SMILES string of the molecule is CCOc1cccc(Nc2cc(C)cc(Br)c2)c1N. The molecule has 3 nitrogen and oxygen atoms in total. The Kier molecular flexibility index (Phi) is 4.32. The molecular weight excluding hydrogens is 304 g/mol. The Bertz CT molecular complexity index is 564. The van der Waals surface area contributed by atoms with Crippen molar-refractivity contribution in [1.82, 2.24) is 0 Å². The normalized spacial score (nSPS) is 10.3. The number of halogens is 1. The van der Waals surface area contributed by atoms with Gasteiger partial charge in [-0.05, 0) is 49.7 Å². The van der Waals surface area contributed by atoms with Crippen LogP contribution in [0.5, 0.6) is 5.75 Å². The molecule has 0 heterocycles. The number of hydrogen-bond acceptors (Lipinski definition) is 3. The number of ether oxygens (including phenoxy) is 1. The summed E-state index contributed by atoms with van der Waals surface area (Å²) in [5, 5.41) is 3.32. The fourth-order valence-corrected chi connectivity index (χ4v) is 2.51. The first-order valence-electron chi connectivity index (χ1n) is 6.15. The third-order valence-electron chi connectivity index (χ3n) is 2.69. The molecule has 0 atom stereocenters. The van der Waals surface area contributed by atoms with Gasteiger partial charge in [-0.25, -0.2) is 0 Å². The number of nitrogens with two attached hydrogens (primary N) is 1. The van der Waals surface area contributed by atoms with Gasteiger partial charge in [-0.15, -0.1) is 0 Å². The standard InChI is InChI=1S/C15H17BrN2O/c1-3-19-14-6-4-5-13(15(14)17)18-12-8-10(2)7-11(16)9-12/h4-9,18H,3,17H2,1-2H3. The number of nitrogen functional groups attached to an aromatic ring is 1. The average Bonchev–Trinajstić information content (AvgIpc) is 2.33. The van der Waals surface area contributed by atoms with Crippen LogP contribution in [0.15, 0.2) is 40.9 Å². The van der Waals surface area contributed by atoms with Crippen LogP contribution in [0.1, 0.15) is 12.5 Å². The second-order valence-electron chi connectivity index (χ2n) is 4.29. The fraction of sp³-hybridized carbons (Fsp3) is 0.200. The molecule has 0 spiro atoms. The molecule has 3 N–H and O–H groups in total. The molecule has 0 aliphatic rings. The molecule has 0 radical (unpaired) electrons. The molecule has 0 aromatic heterocycles. The molecule has 0 aliphatic carbocycles. The van der Waals surface area contributed by atoms with Crippen LogP contribution < -0.4 is 15.8 Å². The molecule has 0 unspecified atom stereocenters. The van der Waals surface area contributed by atoms with Crippen molar-refractivity contribution in [2.75, 3.05) is 17.7 Å².